The lowest BCUT2D eigenvalue weighted by Crippen LogP contribution is -2.47. The Bertz CT molecular complexity index is 2690. The Morgan fingerprint density at radius 2 is 1.38 bits per heavy atom. The Kier molecular flexibility index (Phi) is 9.50. The Morgan fingerprint density at radius 3 is 2.08 bits per heavy atom. The highest BCUT2D eigenvalue weighted by Crippen LogP contribution is 2.54. The van der Waals surface area contributed by atoms with Crippen LogP contribution >= 0.6 is 0 Å². The molecule has 1 fully saturated rings. The Morgan fingerprint density at radius 1 is 0.700 bits per heavy atom. The maximum absolute atomic E-state index is 5.78. The summed E-state index contributed by atoms with van der Waals surface area (Å²) in [5, 5.41) is 2.53. The topological polar surface area (TPSA) is 36.7 Å². The minimum Gasteiger partial charge on any atom is -0.351 e. The van der Waals surface area contributed by atoms with E-state index in [1.165, 1.54) is 116 Å². The van der Waals surface area contributed by atoms with E-state index in [0.29, 0.717) is 12.0 Å². The summed E-state index contributed by atoms with van der Waals surface area (Å²) in [7, 11) is 0. The summed E-state index contributed by atoms with van der Waals surface area (Å²) in [6, 6.07) is 31.4. The fourth-order valence-corrected chi connectivity index (χ4v) is 10.3. The van der Waals surface area contributed by atoms with Crippen molar-refractivity contribution in [3.63, 3.8) is 0 Å². The number of aromatic nitrogens is 2. The van der Waals surface area contributed by atoms with Crippen LogP contribution in [0.2, 0.25) is 0 Å². The first kappa shape index (κ1) is 40.5. The molecule has 1 atom stereocenters. The second-order valence-electron chi connectivity index (χ2n) is 21.7. The smallest absolute Gasteiger partial charge is 0.137 e. The lowest BCUT2D eigenvalue weighted by Gasteiger charge is -2.43. The van der Waals surface area contributed by atoms with Crippen molar-refractivity contribution < 1.29 is 0 Å². The highest BCUT2D eigenvalue weighted by atomic mass is 15.3. The molecular weight excluding hydrogens is 731 g/mol. The van der Waals surface area contributed by atoms with Crippen LogP contribution in [0.15, 0.2) is 90.1 Å². The van der Waals surface area contributed by atoms with Gasteiger partial charge in [-0.3, -0.25) is 9.56 Å². The largest absolute Gasteiger partial charge is 0.351 e. The third-order valence-corrected chi connectivity index (χ3v) is 14.7. The molecule has 0 bridgehead atoms. The third kappa shape index (κ3) is 6.57. The van der Waals surface area contributed by atoms with Gasteiger partial charge in [0.1, 0.15) is 11.7 Å². The summed E-state index contributed by atoms with van der Waals surface area (Å²) in [6.07, 6.45) is 8.42. The molecule has 4 aromatic carbocycles. The number of aliphatic imine (C=N–C) groups is 1. The minimum atomic E-state index is -0.246. The van der Waals surface area contributed by atoms with E-state index in [1.54, 1.807) is 0 Å². The molecule has 0 N–H and O–H groups in total. The van der Waals surface area contributed by atoms with Crippen LogP contribution in [0.25, 0.3) is 27.6 Å². The van der Waals surface area contributed by atoms with E-state index in [4.69, 9.17) is 9.98 Å². The van der Waals surface area contributed by atoms with Gasteiger partial charge >= 0.3 is 0 Å². The van der Waals surface area contributed by atoms with Crippen LogP contribution < -0.4 is 4.90 Å². The molecule has 312 valence electrons. The normalized spacial score (nSPS) is 19.7. The van der Waals surface area contributed by atoms with Crippen LogP contribution in [0, 0.1) is 19.3 Å². The third-order valence-electron chi connectivity index (χ3n) is 14.7. The summed E-state index contributed by atoms with van der Waals surface area (Å²) < 4.78 is 2.41. The second kappa shape index (κ2) is 14.1. The van der Waals surface area contributed by atoms with Gasteiger partial charge in [0.15, 0.2) is 0 Å². The molecule has 1 saturated carbocycles. The second-order valence-corrected chi connectivity index (χ2v) is 21.7. The first-order chi connectivity index (χ1) is 28.2. The van der Waals surface area contributed by atoms with E-state index in [0.717, 1.165) is 12.4 Å². The minimum absolute atomic E-state index is 0.00545. The predicted molar refractivity (Wildman–Crippen MR) is 256 cm³/mol. The molecule has 60 heavy (non-hydrogen) atoms. The number of anilines is 3. The van der Waals surface area contributed by atoms with E-state index in [9.17, 15) is 0 Å². The van der Waals surface area contributed by atoms with Crippen molar-refractivity contribution in [3.05, 3.63) is 124 Å². The average Bonchev–Trinajstić information content (AvgIpc) is 3.73. The quantitative estimate of drug-likeness (QED) is 0.174. The highest BCUT2D eigenvalue weighted by Gasteiger charge is 2.47. The van der Waals surface area contributed by atoms with Crippen molar-refractivity contribution in [2.75, 3.05) is 11.4 Å². The molecule has 4 heterocycles. The van der Waals surface area contributed by atoms with E-state index in [-0.39, 0.29) is 21.8 Å². The van der Waals surface area contributed by atoms with E-state index >= 15 is 0 Å². The van der Waals surface area contributed by atoms with Gasteiger partial charge in [0.05, 0.1) is 27.9 Å². The lowest BCUT2D eigenvalue weighted by atomic mass is 9.72. The maximum Gasteiger partial charge on any atom is 0.137 e. The van der Waals surface area contributed by atoms with E-state index < -0.39 is 0 Å². The van der Waals surface area contributed by atoms with Crippen LogP contribution in [0.3, 0.4) is 0 Å². The summed E-state index contributed by atoms with van der Waals surface area (Å²) >= 11 is 0. The van der Waals surface area contributed by atoms with Crippen molar-refractivity contribution in [1.82, 2.24) is 14.5 Å². The molecular formula is C55H67N5. The van der Waals surface area contributed by atoms with E-state index in [1.807, 2.05) is 6.20 Å². The van der Waals surface area contributed by atoms with Gasteiger partial charge in [-0.1, -0.05) is 118 Å². The number of pyridine rings is 1. The number of nitrogens with zero attached hydrogens (tertiary/aromatic N) is 5. The number of rotatable bonds is 5. The number of amidine groups is 1. The number of aryl methyl sites for hydroxylation is 2. The molecule has 9 rings (SSSR count). The summed E-state index contributed by atoms with van der Waals surface area (Å²) in [6.45, 7) is 31.3. The van der Waals surface area contributed by atoms with Gasteiger partial charge in [-0.2, -0.15) is 0 Å². The Labute approximate surface area is 359 Å². The molecule has 6 aromatic rings. The maximum atomic E-state index is 5.78. The fourth-order valence-electron chi connectivity index (χ4n) is 10.3. The van der Waals surface area contributed by atoms with Gasteiger partial charge in [0, 0.05) is 46.2 Å². The molecule has 0 spiro atoms. The number of hydrogen-bond acceptors (Lipinski definition) is 4. The molecule has 0 saturated heterocycles. The fraction of sp³-hybridized carbons (Fsp3) is 0.455. The van der Waals surface area contributed by atoms with Crippen LogP contribution in [0.5, 0.6) is 0 Å². The van der Waals surface area contributed by atoms with Gasteiger partial charge in [-0.05, 0) is 133 Å². The molecule has 5 nitrogen and oxygen atoms in total. The number of fused-ring (bicyclic) bond motifs is 5. The first-order valence-corrected chi connectivity index (χ1v) is 22.7. The Balaban J connectivity index is 1.33. The summed E-state index contributed by atoms with van der Waals surface area (Å²) in [5.41, 5.74) is 14.7. The van der Waals surface area contributed by atoms with Crippen LogP contribution in [-0.4, -0.2) is 38.4 Å². The van der Waals surface area contributed by atoms with E-state index in [2.05, 4.69) is 183 Å². The van der Waals surface area contributed by atoms with Crippen LogP contribution in [0.1, 0.15) is 153 Å². The summed E-state index contributed by atoms with van der Waals surface area (Å²) in [5.74, 6) is 2.48. The SMILES string of the molecule is Cc1ccc2c(c1)C(C)(C)c1cc3c4cc(C)ccc4n(-c4cc(C(C)(C)C)ccn4)c3cc1N2c1cc(C2=N[C@](C)(C(C)(C)C)CN2C2CCCCC2)cc(C(C)C)c1. The average molecular weight is 798 g/mol. The van der Waals surface area contributed by atoms with Gasteiger partial charge in [0.2, 0.25) is 0 Å². The van der Waals surface area contributed by atoms with Crippen molar-refractivity contribution >= 4 is 44.7 Å². The lowest BCUT2D eigenvalue weighted by molar-refractivity contribution is 0.160. The van der Waals surface area contributed by atoms with Crippen molar-refractivity contribution in [1.29, 1.82) is 0 Å². The number of hydrogen-bond donors (Lipinski definition) is 0. The van der Waals surface area contributed by atoms with Gasteiger partial charge in [-0.25, -0.2) is 4.98 Å². The molecule has 2 aliphatic heterocycles. The van der Waals surface area contributed by atoms with Gasteiger partial charge in [-0.15, -0.1) is 0 Å². The van der Waals surface area contributed by atoms with Gasteiger partial charge < -0.3 is 9.80 Å². The predicted octanol–water partition coefficient (Wildman–Crippen LogP) is 14.5. The van der Waals surface area contributed by atoms with Crippen molar-refractivity contribution in [2.24, 2.45) is 10.4 Å². The Hall–Kier alpha value is -4.90. The highest BCUT2D eigenvalue weighted by molar-refractivity contribution is 6.12. The summed E-state index contributed by atoms with van der Waals surface area (Å²) in [4.78, 5) is 16.2. The standard InChI is InChI=1S/C55H67N5/c1-34(2)37-27-38(51-57-55(13,53(8,9)10)33-58(51)40-17-15-14-16-18-40)29-41(28-37)59-47-22-20-36(4)26-44(47)54(11,12)45-31-43-42-25-35(3)19-21-46(42)60(48(43)32-49(45)59)50-30-39(23-24-56-50)52(5,6)7/h19-32,34,40H,14-18,33H2,1-13H3/t55-/m0/s1. The molecule has 5 heteroatoms. The zero-order valence-electron chi connectivity index (χ0n) is 38.7. The molecule has 0 amide bonds. The molecule has 2 aromatic heterocycles. The molecule has 1 aliphatic carbocycles. The zero-order valence-corrected chi connectivity index (χ0v) is 38.7. The van der Waals surface area contributed by atoms with Crippen LogP contribution in [-0.2, 0) is 10.8 Å². The molecule has 0 radical (unpaired) electrons. The monoisotopic (exact) mass is 798 g/mol. The zero-order chi connectivity index (χ0) is 42.7. The first-order valence-electron chi connectivity index (χ1n) is 22.7. The molecule has 0 unspecified atom stereocenters. The molecule has 3 aliphatic rings. The number of benzene rings is 4. The van der Waals surface area contributed by atoms with Crippen molar-refractivity contribution in [2.45, 2.75) is 150 Å². The van der Waals surface area contributed by atoms with Gasteiger partial charge in [0.25, 0.3) is 0 Å². The van der Waals surface area contributed by atoms with Crippen molar-refractivity contribution in [3.8, 4) is 5.82 Å². The van der Waals surface area contributed by atoms with Crippen LogP contribution in [0.4, 0.5) is 17.1 Å².